The summed E-state index contributed by atoms with van der Waals surface area (Å²) < 4.78 is 0. The van der Waals surface area contributed by atoms with E-state index in [4.69, 9.17) is 10.2 Å². The molecule has 0 saturated heterocycles. The topological polar surface area (TPSA) is 94.8 Å². The minimum Gasteiger partial charge on any atom is -0.507 e. The summed E-state index contributed by atoms with van der Waals surface area (Å²) in [5.41, 5.74) is -0.254. The molecular weight excluding hydrogens is 212 g/mol. The number of hydrogen-bond acceptors (Lipinski definition) is 3. The first kappa shape index (κ1) is 14.2. The summed E-state index contributed by atoms with van der Waals surface area (Å²) in [6.45, 7) is 3.13. The molecule has 0 amide bonds. The fourth-order valence-electron chi connectivity index (χ4n) is 0.991. The molecule has 3 N–H and O–H groups in total. The van der Waals surface area contributed by atoms with Crippen molar-refractivity contribution in [3.8, 4) is 0 Å². The van der Waals surface area contributed by atoms with Gasteiger partial charge in [-0.05, 0) is 25.8 Å². The molecule has 0 atom stereocenters. The summed E-state index contributed by atoms with van der Waals surface area (Å²) in [6, 6.07) is 0. The number of hydrogen-bond donors (Lipinski definition) is 3. The molecule has 0 unspecified atom stereocenters. The zero-order valence-electron chi connectivity index (χ0n) is 9.36. The lowest BCUT2D eigenvalue weighted by Gasteiger charge is -2.02. The van der Waals surface area contributed by atoms with Crippen molar-refractivity contribution in [2.45, 2.75) is 33.1 Å². The van der Waals surface area contributed by atoms with Crippen LogP contribution in [-0.4, -0.2) is 27.3 Å². The lowest BCUT2D eigenvalue weighted by Crippen LogP contribution is -2.04. The van der Waals surface area contributed by atoms with Crippen LogP contribution in [0.5, 0.6) is 0 Å². The highest BCUT2D eigenvalue weighted by Crippen LogP contribution is 2.12. The number of aliphatic hydroxyl groups is 1. The van der Waals surface area contributed by atoms with Gasteiger partial charge < -0.3 is 15.3 Å². The van der Waals surface area contributed by atoms with Crippen molar-refractivity contribution in [1.29, 1.82) is 0 Å². The number of carboxylic acid groups (broad SMARTS) is 2. The zero-order valence-corrected chi connectivity index (χ0v) is 9.36. The normalized spacial score (nSPS) is 13.2. The molecule has 5 nitrogen and oxygen atoms in total. The highest BCUT2D eigenvalue weighted by Gasteiger charge is 2.11. The molecule has 0 rings (SSSR count). The maximum atomic E-state index is 10.8. The lowest BCUT2D eigenvalue weighted by molar-refractivity contribution is -0.134. The van der Waals surface area contributed by atoms with E-state index in [9.17, 15) is 14.7 Å². The molecule has 0 bridgehead atoms. The van der Waals surface area contributed by atoms with Gasteiger partial charge in [0, 0.05) is 5.57 Å². The van der Waals surface area contributed by atoms with Crippen molar-refractivity contribution in [1.82, 2.24) is 0 Å². The Morgan fingerprint density at radius 3 is 2.06 bits per heavy atom. The first-order chi connectivity index (χ1) is 7.40. The Morgan fingerprint density at radius 1 is 1.12 bits per heavy atom. The molecule has 0 radical (unpaired) electrons. The molecule has 0 aromatic rings. The van der Waals surface area contributed by atoms with Gasteiger partial charge in [-0.3, -0.25) is 0 Å². The molecule has 0 aromatic heterocycles. The monoisotopic (exact) mass is 228 g/mol. The third kappa shape index (κ3) is 4.63. The minimum atomic E-state index is -1.27. The van der Waals surface area contributed by atoms with Gasteiger partial charge in [0.05, 0.1) is 5.57 Å². The predicted octanol–water partition coefficient (Wildman–Crippen LogP) is 2.10. The van der Waals surface area contributed by atoms with Crippen LogP contribution in [0.3, 0.4) is 0 Å². The number of carbonyl (C=O) groups is 2. The molecule has 5 heteroatoms. The summed E-state index contributed by atoms with van der Waals surface area (Å²) >= 11 is 0. The molecule has 0 aliphatic heterocycles. The molecule has 90 valence electrons. The zero-order chi connectivity index (χ0) is 12.7. The number of rotatable bonds is 6. The number of unbranched alkanes of at least 4 members (excludes halogenated alkanes) is 1. The Bertz CT molecular complexity index is 338. The molecule has 0 saturated carbocycles. The molecule has 16 heavy (non-hydrogen) atoms. The van der Waals surface area contributed by atoms with Gasteiger partial charge in [0.1, 0.15) is 5.76 Å². The van der Waals surface area contributed by atoms with Gasteiger partial charge >= 0.3 is 11.9 Å². The summed E-state index contributed by atoms with van der Waals surface area (Å²) in [5, 5.41) is 26.8. The second kappa shape index (κ2) is 6.66. The molecule has 0 spiro atoms. The van der Waals surface area contributed by atoms with Crippen molar-refractivity contribution in [2.75, 3.05) is 0 Å². The van der Waals surface area contributed by atoms with Crippen LogP contribution < -0.4 is 0 Å². The predicted molar refractivity (Wildman–Crippen MR) is 58.2 cm³/mol. The Balaban J connectivity index is 4.99. The van der Waals surface area contributed by atoms with Crippen molar-refractivity contribution in [2.24, 2.45) is 0 Å². The quantitative estimate of drug-likeness (QED) is 0.367. The van der Waals surface area contributed by atoms with Crippen molar-refractivity contribution in [3.05, 3.63) is 23.0 Å². The van der Waals surface area contributed by atoms with Crippen molar-refractivity contribution >= 4 is 11.9 Å². The Kier molecular flexibility index (Phi) is 5.92. The van der Waals surface area contributed by atoms with Crippen LogP contribution in [0, 0.1) is 0 Å². The Morgan fingerprint density at radius 2 is 1.69 bits per heavy atom. The fraction of sp³-hybridized carbons (Fsp3) is 0.455. The van der Waals surface area contributed by atoms with Crippen LogP contribution in [0.1, 0.15) is 33.1 Å². The summed E-state index contributed by atoms with van der Waals surface area (Å²) in [4.78, 5) is 21.3. The molecule has 0 fully saturated rings. The standard InChI is InChI=1S/C11H16O5/c1-3-4-5-8(11(15)16)6-9(12)7(2)10(13)14/h6,12H,3-5H2,1-2H3,(H,13,14)(H,15,16). The first-order valence-corrected chi connectivity index (χ1v) is 4.97. The van der Waals surface area contributed by atoms with E-state index >= 15 is 0 Å². The van der Waals surface area contributed by atoms with E-state index < -0.39 is 17.7 Å². The maximum Gasteiger partial charge on any atom is 0.335 e. The van der Waals surface area contributed by atoms with E-state index in [2.05, 4.69) is 0 Å². The molecule has 0 heterocycles. The number of carboxylic acids is 2. The summed E-state index contributed by atoms with van der Waals surface area (Å²) in [7, 11) is 0. The largest absolute Gasteiger partial charge is 0.507 e. The van der Waals surface area contributed by atoms with E-state index in [1.807, 2.05) is 6.92 Å². The smallest absolute Gasteiger partial charge is 0.335 e. The van der Waals surface area contributed by atoms with Crippen LogP contribution >= 0.6 is 0 Å². The minimum absolute atomic E-state index is 0.0138. The Hall–Kier alpha value is -1.78. The third-order valence-corrected chi connectivity index (χ3v) is 2.09. The second-order valence-corrected chi connectivity index (χ2v) is 3.39. The summed E-state index contributed by atoms with van der Waals surface area (Å²) in [5.74, 6) is -2.92. The number of allylic oxidation sites excluding steroid dienone is 1. The fourth-order valence-corrected chi connectivity index (χ4v) is 0.991. The van der Waals surface area contributed by atoms with Gasteiger partial charge in [0.15, 0.2) is 0 Å². The van der Waals surface area contributed by atoms with Gasteiger partial charge in [-0.25, -0.2) is 9.59 Å². The average molecular weight is 228 g/mol. The van der Waals surface area contributed by atoms with Crippen LogP contribution in [0.15, 0.2) is 23.0 Å². The van der Waals surface area contributed by atoms with Crippen LogP contribution in [0.2, 0.25) is 0 Å². The van der Waals surface area contributed by atoms with Crippen LogP contribution in [-0.2, 0) is 9.59 Å². The van der Waals surface area contributed by atoms with Gasteiger partial charge in [0.25, 0.3) is 0 Å². The first-order valence-electron chi connectivity index (χ1n) is 4.97. The molecule has 0 aliphatic rings. The van der Waals surface area contributed by atoms with Crippen LogP contribution in [0.4, 0.5) is 0 Å². The summed E-state index contributed by atoms with van der Waals surface area (Å²) in [6.07, 6.45) is 2.81. The number of aliphatic hydroxyl groups excluding tert-OH is 1. The highest BCUT2D eigenvalue weighted by atomic mass is 16.4. The van der Waals surface area contributed by atoms with Gasteiger partial charge in [-0.1, -0.05) is 13.3 Å². The van der Waals surface area contributed by atoms with E-state index in [1.54, 1.807) is 0 Å². The molecular formula is C11H16O5. The van der Waals surface area contributed by atoms with E-state index in [0.29, 0.717) is 12.8 Å². The van der Waals surface area contributed by atoms with Crippen LogP contribution in [0.25, 0.3) is 0 Å². The van der Waals surface area contributed by atoms with E-state index in [1.165, 1.54) is 6.92 Å². The van der Waals surface area contributed by atoms with Crippen molar-refractivity contribution < 1.29 is 24.9 Å². The van der Waals surface area contributed by atoms with Crippen molar-refractivity contribution in [3.63, 3.8) is 0 Å². The van der Waals surface area contributed by atoms with Gasteiger partial charge in [-0.15, -0.1) is 0 Å². The highest BCUT2D eigenvalue weighted by molar-refractivity contribution is 5.89. The van der Waals surface area contributed by atoms with E-state index in [0.717, 1.165) is 12.5 Å². The third-order valence-electron chi connectivity index (χ3n) is 2.09. The van der Waals surface area contributed by atoms with Gasteiger partial charge in [-0.2, -0.15) is 0 Å². The lowest BCUT2D eigenvalue weighted by atomic mass is 10.1. The molecule has 0 aliphatic carbocycles. The number of aliphatic carboxylic acids is 2. The average Bonchev–Trinajstić information content (AvgIpc) is 2.21. The molecule has 0 aromatic carbocycles. The van der Waals surface area contributed by atoms with E-state index in [-0.39, 0.29) is 11.1 Å². The second-order valence-electron chi connectivity index (χ2n) is 3.39. The maximum absolute atomic E-state index is 10.8. The Labute approximate surface area is 93.7 Å². The SMILES string of the molecule is CCCCC(=CC(O)=C(C)C(=O)O)C(=O)O. The van der Waals surface area contributed by atoms with Gasteiger partial charge in [0.2, 0.25) is 0 Å².